The quantitative estimate of drug-likeness (QED) is 0.180. The molecule has 8 nitrogen and oxygen atoms in total. The third-order valence-electron chi connectivity index (χ3n) is 6.42. The van der Waals surface area contributed by atoms with Crippen molar-refractivity contribution in [1.29, 1.82) is 0 Å². The van der Waals surface area contributed by atoms with Crippen molar-refractivity contribution in [2.75, 3.05) is 13.2 Å². The third kappa shape index (κ3) is 13.5. The van der Waals surface area contributed by atoms with Gasteiger partial charge in [-0.1, -0.05) is 103 Å². The molecule has 0 bridgehead atoms. The Labute approximate surface area is 200 Å². The number of aliphatic hydroxyl groups is 4. The summed E-state index contributed by atoms with van der Waals surface area (Å²) in [6, 6.07) is -1.22. The Kier molecular flexibility index (Phi) is 17.7. The maximum absolute atomic E-state index is 11.9. The first-order valence-electron chi connectivity index (χ1n) is 13.2. The van der Waals surface area contributed by atoms with Gasteiger partial charge in [-0.3, -0.25) is 0 Å². The summed E-state index contributed by atoms with van der Waals surface area (Å²) in [6.45, 7) is 1.96. The summed E-state index contributed by atoms with van der Waals surface area (Å²) in [5, 5.41) is 41.1. The molecule has 0 saturated carbocycles. The van der Waals surface area contributed by atoms with Crippen LogP contribution in [0.3, 0.4) is 0 Å². The van der Waals surface area contributed by atoms with Gasteiger partial charge in [0.25, 0.3) is 0 Å². The van der Waals surface area contributed by atoms with Crippen LogP contribution in [0.15, 0.2) is 0 Å². The van der Waals surface area contributed by atoms with Crippen molar-refractivity contribution in [1.82, 2.24) is 5.32 Å². The molecule has 1 unspecified atom stereocenters. The van der Waals surface area contributed by atoms with E-state index in [2.05, 4.69) is 12.2 Å². The summed E-state index contributed by atoms with van der Waals surface area (Å²) in [5.74, 6) is 0. The average Bonchev–Trinajstić information content (AvgIpc) is 2.81. The van der Waals surface area contributed by atoms with E-state index in [0.29, 0.717) is 0 Å². The lowest BCUT2D eigenvalue weighted by molar-refractivity contribution is -0.253. The molecule has 1 amide bonds. The van der Waals surface area contributed by atoms with E-state index in [1.54, 1.807) is 0 Å². The van der Waals surface area contributed by atoms with Crippen LogP contribution < -0.4 is 5.32 Å². The van der Waals surface area contributed by atoms with Gasteiger partial charge in [0, 0.05) is 0 Å². The van der Waals surface area contributed by atoms with E-state index in [1.165, 1.54) is 83.5 Å². The summed E-state index contributed by atoms with van der Waals surface area (Å²) < 4.78 is 10.1. The number of unbranched alkanes of at least 4 members (excludes halogenated alkanes) is 15. The Morgan fingerprint density at radius 3 is 1.67 bits per heavy atom. The molecule has 1 heterocycles. The average molecular weight is 476 g/mol. The lowest BCUT2D eigenvalue weighted by Gasteiger charge is -2.39. The molecular weight excluding hydrogens is 426 g/mol. The van der Waals surface area contributed by atoms with Gasteiger partial charge in [0.15, 0.2) is 6.29 Å². The molecule has 33 heavy (non-hydrogen) atoms. The minimum Gasteiger partial charge on any atom is -0.450 e. The van der Waals surface area contributed by atoms with Gasteiger partial charge < -0.3 is 35.2 Å². The number of hydrogen-bond donors (Lipinski definition) is 5. The predicted molar refractivity (Wildman–Crippen MR) is 128 cm³/mol. The number of ether oxygens (including phenoxy) is 2. The number of amides is 1. The maximum atomic E-state index is 11.9. The van der Waals surface area contributed by atoms with Crippen molar-refractivity contribution in [2.45, 2.75) is 140 Å². The summed E-state index contributed by atoms with van der Waals surface area (Å²) >= 11 is 0. The molecule has 0 aromatic heterocycles. The molecule has 0 aliphatic carbocycles. The van der Waals surface area contributed by atoms with E-state index in [4.69, 9.17) is 14.6 Å². The SMILES string of the molecule is CCCCCCCCCCCCCCCCCCOC(=O)N[C@H]1C(O)O[C@H](CO)[C@@H](O)[C@@H]1O. The number of hydrogen-bond acceptors (Lipinski definition) is 7. The number of carbonyl (C=O) groups excluding carboxylic acids is 1. The summed E-state index contributed by atoms with van der Waals surface area (Å²) in [5.41, 5.74) is 0. The monoisotopic (exact) mass is 475 g/mol. The highest BCUT2D eigenvalue weighted by Gasteiger charge is 2.44. The van der Waals surface area contributed by atoms with Crippen molar-refractivity contribution in [3.05, 3.63) is 0 Å². The van der Waals surface area contributed by atoms with Gasteiger partial charge in [-0.05, 0) is 6.42 Å². The van der Waals surface area contributed by atoms with Crippen LogP contribution in [0.5, 0.6) is 0 Å². The normalized spacial score (nSPS) is 25.2. The minimum absolute atomic E-state index is 0.256. The first kappa shape index (κ1) is 30.1. The van der Waals surface area contributed by atoms with Gasteiger partial charge in [-0.2, -0.15) is 0 Å². The predicted octanol–water partition coefficient (Wildman–Crippen LogP) is 3.77. The summed E-state index contributed by atoms with van der Waals surface area (Å²) in [6.07, 6.45) is 14.1. The molecular formula is C25H49NO7. The van der Waals surface area contributed by atoms with Crippen molar-refractivity contribution >= 4 is 6.09 Å². The van der Waals surface area contributed by atoms with Crippen LogP contribution in [0.25, 0.3) is 0 Å². The fraction of sp³-hybridized carbons (Fsp3) is 0.960. The fourth-order valence-electron chi connectivity index (χ4n) is 4.25. The standard InChI is InChI=1S/C25H49NO7/c1-2-3-4-5-6-7-8-9-10-11-12-13-14-15-16-17-18-32-25(31)26-21-23(29)22(28)20(19-27)33-24(21)30/h20-24,27-30H,2-19H2,1H3,(H,26,31)/t20-,21-,22-,23-,24?/m1/s1. The van der Waals surface area contributed by atoms with Gasteiger partial charge in [-0.15, -0.1) is 0 Å². The summed E-state index contributed by atoms with van der Waals surface area (Å²) in [7, 11) is 0. The Hall–Kier alpha value is -0.930. The lowest BCUT2D eigenvalue weighted by atomic mass is 9.97. The third-order valence-corrected chi connectivity index (χ3v) is 6.42. The molecule has 1 saturated heterocycles. The van der Waals surface area contributed by atoms with Gasteiger partial charge >= 0.3 is 6.09 Å². The Bertz CT molecular complexity index is 480. The van der Waals surface area contributed by atoms with Crippen LogP contribution in [0.4, 0.5) is 4.79 Å². The number of carbonyl (C=O) groups is 1. The van der Waals surface area contributed by atoms with E-state index in [1.807, 2.05) is 0 Å². The van der Waals surface area contributed by atoms with Gasteiger partial charge in [0.05, 0.1) is 13.2 Å². The smallest absolute Gasteiger partial charge is 0.407 e. The van der Waals surface area contributed by atoms with E-state index >= 15 is 0 Å². The van der Waals surface area contributed by atoms with Gasteiger partial charge in [0.2, 0.25) is 0 Å². The first-order valence-corrected chi connectivity index (χ1v) is 13.2. The van der Waals surface area contributed by atoms with Crippen LogP contribution in [-0.4, -0.2) is 70.4 Å². The molecule has 1 rings (SSSR count). The number of aliphatic hydroxyl groups excluding tert-OH is 4. The second kappa shape index (κ2) is 19.4. The van der Waals surface area contributed by atoms with Crippen LogP contribution in [0.1, 0.15) is 110 Å². The highest BCUT2D eigenvalue weighted by molar-refractivity contribution is 5.67. The molecule has 8 heteroatoms. The molecule has 0 aromatic carbocycles. The van der Waals surface area contributed by atoms with E-state index < -0.39 is 43.3 Å². The largest absolute Gasteiger partial charge is 0.450 e. The Morgan fingerprint density at radius 2 is 1.21 bits per heavy atom. The number of nitrogens with one attached hydrogen (secondary N) is 1. The molecule has 196 valence electrons. The lowest BCUT2D eigenvalue weighted by Crippen LogP contribution is -2.64. The second-order valence-electron chi connectivity index (χ2n) is 9.34. The maximum Gasteiger partial charge on any atom is 0.407 e. The van der Waals surface area contributed by atoms with Crippen LogP contribution >= 0.6 is 0 Å². The van der Waals surface area contributed by atoms with E-state index in [-0.39, 0.29) is 6.61 Å². The van der Waals surface area contributed by atoms with Gasteiger partial charge in [0.1, 0.15) is 24.4 Å². The molecule has 0 radical (unpaired) electrons. The van der Waals surface area contributed by atoms with Crippen molar-refractivity contribution in [3.8, 4) is 0 Å². The van der Waals surface area contributed by atoms with Gasteiger partial charge in [-0.25, -0.2) is 4.79 Å². The molecule has 0 aromatic rings. The summed E-state index contributed by atoms with van der Waals surface area (Å²) in [4.78, 5) is 11.9. The second-order valence-corrected chi connectivity index (χ2v) is 9.34. The Balaban J connectivity index is 1.90. The molecule has 1 fully saturated rings. The van der Waals surface area contributed by atoms with Crippen molar-refractivity contribution in [3.63, 3.8) is 0 Å². The zero-order valence-electron chi connectivity index (χ0n) is 20.6. The highest BCUT2D eigenvalue weighted by Crippen LogP contribution is 2.20. The zero-order valence-corrected chi connectivity index (χ0v) is 20.6. The minimum atomic E-state index is -1.54. The molecule has 0 spiro atoms. The van der Waals surface area contributed by atoms with E-state index in [9.17, 15) is 20.1 Å². The zero-order chi connectivity index (χ0) is 24.3. The molecule has 1 aliphatic rings. The molecule has 5 atom stereocenters. The fourth-order valence-corrected chi connectivity index (χ4v) is 4.25. The number of rotatable bonds is 19. The first-order chi connectivity index (χ1) is 16.0. The van der Waals surface area contributed by atoms with Crippen molar-refractivity contribution in [2.24, 2.45) is 0 Å². The molecule has 1 aliphatic heterocycles. The number of alkyl carbamates (subject to hydrolysis) is 1. The van der Waals surface area contributed by atoms with Crippen LogP contribution in [0, 0.1) is 0 Å². The highest BCUT2D eigenvalue weighted by atomic mass is 16.6. The molecule has 5 N–H and O–H groups in total. The Morgan fingerprint density at radius 1 is 0.758 bits per heavy atom. The van der Waals surface area contributed by atoms with Crippen LogP contribution in [0.2, 0.25) is 0 Å². The topological polar surface area (TPSA) is 128 Å². The van der Waals surface area contributed by atoms with Crippen molar-refractivity contribution < 1.29 is 34.7 Å². The van der Waals surface area contributed by atoms with E-state index in [0.717, 1.165) is 19.3 Å². The van der Waals surface area contributed by atoms with Crippen LogP contribution in [-0.2, 0) is 9.47 Å².